The number of fused-ring (bicyclic) bond motifs is 1. The number of benzene rings is 1. The van der Waals surface area contributed by atoms with Gasteiger partial charge in [-0.1, -0.05) is 0 Å². The highest BCUT2D eigenvalue weighted by Gasteiger charge is 2.10. The molecule has 0 radical (unpaired) electrons. The Bertz CT molecular complexity index is 586. The van der Waals surface area contributed by atoms with Crippen LogP contribution in [-0.2, 0) is 9.05 Å². The number of nitrogens with one attached hydrogen (secondary N) is 1. The first-order valence-corrected chi connectivity index (χ1v) is 6.32. The number of hydrogen-bond donors (Lipinski definition) is 1. The molecule has 1 N–H and O–H groups in total. The van der Waals surface area contributed by atoms with Gasteiger partial charge in [-0.3, -0.25) is 0 Å². The predicted molar refractivity (Wildman–Crippen MR) is 56.1 cm³/mol. The Labute approximate surface area is 86.1 Å². The third-order valence-corrected chi connectivity index (χ3v) is 3.36. The van der Waals surface area contributed by atoms with Crippen molar-refractivity contribution < 1.29 is 8.42 Å². The Kier molecular flexibility index (Phi) is 2.05. The minimum Gasteiger partial charge on any atom is -0.359 e. The number of rotatable bonds is 1. The molecule has 0 saturated carbocycles. The van der Waals surface area contributed by atoms with Crippen molar-refractivity contribution in [2.75, 3.05) is 0 Å². The maximum absolute atomic E-state index is 11.0. The van der Waals surface area contributed by atoms with Crippen LogP contribution in [0.25, 0.3) is 10.9 Å². The Morgan fingerprint density at radius 2 is 2.00 bits per heavy atom. The van der Waals surface area contributed by atoms with Gasteiger partial charge in [-0.15, -0.1) is 0 Å². The monoisotopic (exact) mass is 229 g/mol. The minimum atomic E-state index is -3.63. The number of aromatic amines is 1. The van der Waals surface area contributed by atoms with Crippen molar-refractivity contribution in [1.29, 1.82) is 0 Å². The van der Waals surface area contributed by atoms with Crippen LogP contribution in [0.3, 0.4) is 0 Å². The lowest BCUT2D eigenvalue weighted by Gasteiger charge is -1.95. The molecule has 2 aromatic rings. The van der Waals surface area contributed by atoms with Crippen LogP contribution in [0.2, 0.25) is 0 Å². The van der Waals surface area contributed by atoms with E-state index in [4.69, 9.17) is 10.7 Å². The van der Waals surface area contributed by atoms with Crippen LogP contribution in [0.4, 0.5) is 0 Å². The first-order chi connectivity index (χ1) is 6.47. The number of H-pyrrole nitrogens is 1. The predicted octanol–water partition coefficient (Wildman–Crippen LogP) is 2.40. The zero-order valence-electron chi connectivity index (χ0n) is 7.41. The molecule has 0 aliphatic heterocycles. The van der Waals surface area contributed by atoms with Crippen LogP contribution >= 0.6 is 10.7 Å². The summed E-state index contributed by atoms with van der Waals surface area (Å²) in [6, 6.07) is 6.63. The third-order valence-electron chi connectivity index (χ3n) is 2.01. The standard InChI is InChI=1S/C9H8ClNO2S/c1-6-4-7-5-8(14(10,12)13)2-3-9(7)11-6/h2-5,11H,1H3. The lowest BCUT2D eigenvalue weighted by Crippen LogP contribution is -1.88. The van der Waals surface area contributed by atoms with E-state index in [9.17, 15) is 8.42 Å². The van der Waals surface area contributed by atoms with Gasteiger partial charge >= 0.3 is 0 Å². The molecule has 1 heterocycles. The van der Waals surface area contributed by atoms with E-state index in [1.165, 1.54) is 6.07 Å². The van der Waals surface area contributed by atoms with Gasteiger partial charge in [0.2, 0.25) is 0 Å². The molecule has 5 heteroatoms. The Hall–Kier alpha value is -1.00. The van der Waals surface area contributed by atoms with Gasteiger partial charge in [-0.05, 0) is 31.2 Å². The largest absolute Gasteiger partial charge is 0.359 e. The fraction of sp³-hybridized carbons (Fsp3) is 0.111. The summed E-state index contributed by atoms with van der Waals surface area (Å²) in [6.45, 7) is 1.91. The topological polar surface area (TPSA) is 49.9 Å². The van der Waals surface area contributed by atoms with Gasteiger partial charge in [0.05, 0.1) is 4.90 Å². The Morgan fingerprint density at radius 1 is 1.29 bits per heavy atom. The van der Waals surface area contributed by atoms with Crippen molar-refractivity contribution in [2.24, 2.45) is 0 Å². The second-order valence-corrected chi connectivity index (χ2v) is 5.71. The van der Waals surface area contributed by atoms with Crippen LogP contribution in [-0.4, -0.2) is 13.4 Å². The van der Waals surface area contributed by atoms with Gasteiger partial charge in [0.25, 0.3) is 9.05 Å². The van der Waals surface area contributed by atoms with Gasteiger partial charge in [0, 0.05) is 27.3 Å². The molecule has 0 bridgehead atoms. The molecule has 0 amide bonds. The summed E-state index contributed by atoms with van der Waals surface area (Å²) in [5.41, 5.74) is 1.90. The molecular formula is C9H8ClNO2S. The van der Waals surface area contributed by atoms with Gasteiger partial charge in [-0.25, -0.2) is 8.42 Å². The van der Waals surface area contributed by atoms with E-state index in [0.29, 0.717) is 0 Å². The van der Waals surface area contributed by atoms with Crippen LogP contribution in [0.1, 0.15) is 5.69 Å². The van der Waals surface area contributed by atoms with Crippen molar-refractivity contribution in [3.63, 3.8) is 0 Å². The van der Waals surface area contributed by atoms with Crippen LogP contribution in [0.15, 0.2) is 29.2 Å². The molecular weight excluding hydrogens is 222 g/mol. The SMILES string of the molecule is Cc1cc2cc(S(=O)(=O)Cl)ccc2[nH]1. The highest BCUT2D eigenvalue weighted by Crippen LogP contribution is 2.21. The molecule has 0 spiro atoms. The fourth-order valence-electron chi connectivity index (χ4n) is 1.41. The zero-order valence-corrected chi connectivity index (χ0v) is 8.98. The second kappa shape index (κ2) is 3.00. The quantitative estimate of drug-likeness (QED) is 0.764. The molecule has 0 atom stereocenters. The summed E-state index contributed by atoms with van der Waals surface area (Å²) < 4.78 is 22.1. The van der Waals surface area contributed by atoms with E-state index < -0.39 is 9.05 Å². The highest BCUT2D eigenvalue weighted by molar-refractivity contribution is 8.13. The molecule has 74 valence electrons. The van der Waals surface area contributed by atoms with Crippen molar-refractivity contribution >= 4 is 30.6 Å². The van der Waals surface area contributed by atoms with E-state index in [2.05, 4.69) is 4.98 Å². The molecule has 0 unspecified atom stereocenters. The summed E-state index contributed by atoms with van der Waals surface area (Å²) in [5.74, 6) is 0. The Balaban J connectivity index is 2.74. The van der Waals surface area contributed by atoms with Gasteiger partial charge in [0.1, 0.15) is 0 Å². The number of aromatic nitrogens is 1. The van der Waals surface area contributed by atoms with E-state index in [-0.39, 0.29) is 4.90 Å². The second-order valence-electron chi connectivity index (χ2n) is 3.14. The van der Waals surface area contributed by atoms with E-state index in [0.717, 1.165) is 16.6 Å². The summed E-state index contributed by atoms with van der Waals surface area (Å²) in [4.78, 5) is 3.23. The molecule has 0 aliphatic carbocycles. The smallest absolute Gasteiger partial charge is 0.261 e. The fourth-order valence-corrected chi connectivity index (χ4v) is 2.19. The normalized spacial score (nSPS) is 12.1. The van der Waals surface area contributed by atoms with E-state index in [1.54, 1.807) is 12.1 Å². The number of halogens is 1. The average Bonchev–Trinajstić information content (AvgIpc) is 2.41. The van der Waals surface area contributed by atoms with Crippen molar-refractivity contribution in [1.82, 2.24) is 4.98 Å². The average molecular weight is 230 g/mol. The molecule has 0 saturated heterocycles. The number of hydrogen-bond acceptors (Lipinski definition) is 2. The summed E-state index contributed by atoms with van der Waals surface area (Å²) in [5, 5.41) is 0.851. The summed E-state index contributed by atoms with van der Waals surface area (Å²) >= 11 is 0. The van der Waals surface area contributed by atoms with Crippen LogP contribution in [0, 0.1) is 6.92 Å². The number of aryl methyl sites for hydroxylation is 1. The lowest BCUT2D eigenvalue weighted by molar-refractivity contribution is 0.609. The van der Waals surface area contributed by atoms with Gasteiger partial charge in [-0.2, -0.15) is 0 Å². The first kappa shape index (κ1) is 9.55. The van der Waals surface area contributed by atoms with Crippen molar-refractivity contribution in [3.05, 3.63) is 30.0 Å². The third kappa shape index (κ3) is 1.63. The van der Waals surface area contributed by atoms with Crippen LogP contribution in [0.5, 0.6) is 0 Å². The lowest BCUT2D eigenvalue weighted by atomic mass is 10.2. The minimum absolute atomic E-state index is 0.130. The zero-order chi connectivity index (χ0) is 10.3. The first-order valence-electron chi connectivity index (χ1n) is 4.01. The van der Waals surface area contributed by atoms with Crippen LogP contribution < -0.4 is 0 Å². The summed E-state index contributed by atoms with van der Waals surface area (Å²) in [6.07, 6.45) is 0. The highest BCUT2D eigenvalue weighted by atomic mass is 35.7. The molecule has 0 fully saturated rings. The molecule has 2 rings (SSSR count). The Morgan fingerprint density at radius 3 is 2.64 bits per heavy atom. The van der Waals surface area contributed by atoms with Gasteiger partial charge in [0.15, 0.2) is 0 Å². The van der Waals surface area contributed by atoms with E-state index in [1.807, 2.05) is 13.0 Å². The molecule has 1 aromatic carbocycles. The summed E-state index contributed by atoms with van der Waals surface area (Å²) in [7, 11) is 1.60. The van der Waals surface area contributed by atoms with Gasteiger partial charge < -0.3 is 4.98 Å². The van der Waals surface area contributed by atoms with E-state index >= 15 is 0 Å². The maximum atomic E-state index is 11.0. The molecule has 3 nitrogen and oxygen atoms in total. The van der Waals surface area contributed by atoms with Crippen molar-refractivity contribution in [3.8, 4) is 0 Å². The van der Waals surface area contributed by atoms with Crippen molar-refractivity contribution in [2.45, 2.75) is 11.8 Å². The molecule has 1 aromatic heterocycles. The molecule has 14 heavy (non-hydrogen) atoms. The molecule has 0 aliphatic rings. The maximum Gasteiger partial charge on any atom is 0.261 e.